The zero-order valence-corrected chi connectivity index (χ0v) is 14.3. The third-order valence-corrected chi connectivity index (χ3v) is 5.01. The molecule has 0 saturated heterocycles. The highest BCUT2D eigenvalue weighted by Crippen LogP contribution is 2.17. The van der Waals surface area contributed by atoms with Crippen LogP contribution < -0.4 is 5.32 Å². The number of carboxylic acid groups (broad SMARTS) is 1. The van der Waals surface area contributed by atoms with Gasteiger partial charge in [0.05, 0.1) is 18.2 Å². The van der Waals surface area contributed by atoms with Gasteiger partial charge in [-0.1, -0.05) is 31.9 Å². The van der Waals surface area contributed by atoms with E-state index in [-0.39, 0.29) is 5.75 Å². The van der Waals surface area contributed by atoms with E-state index in [9.17, 15) is 22.4 Å². The smallest absolute Gasteiger partial charge is 0.305 e. The van der Waals surface area contributed by atoms with Crippen LogP contribution in [0.1, 0.15) is 44.2 Å². The molecule has 0 aliphatic rings. The molecule has 1 aromatic carbocycles. The summed E-state index contributed by atoms with van der Waals surface area (Å²) in [6, 6.07) is 4.11. The molecule has 0 aromatic heterocycles. The highest BCUT2D eigenvalue weighted by molar-refractivity contribution is 7.92. The summed E-state index contributed by atoms with van der Waals surface area (Å²) in [6.45, 7) is 1.94. The number of hydrogen-bond donors (Lipinski definition) is 2. The van der Waals surface area contributed by atoms with E-state index < -0.39 is 45.7 Å². The third-order valence-electron chi connectivity index (χ3n) is 3.40. The average molecular weight is 359 g/mol. The SMILES string of the molecule is CCCCCS(=O)(=O)CC(=O)NC(CC(=O)O)c1ccc(F)cc1. The topological polar surface area (TPSA) is 101 Å². The van der Waals surface area contributed by atoms with Crippen molar-refractivity contribution in [1.29, 1.82) is 0 Å². The molecule has 0 bridgehead atoms. The summed E-state index contributed by atoms with van der Waals surface area (Å²) in [4.78, 5) is 22.9. The zero-order chi connectivity index (χ0) is 18.2. The maximum atomic E-state index is 13.0. The molecule has 0 spiro atoms. The van der Waals surface area contributed by atoms with Gasteiger partial charge in [-0.3, -0.25) is 9.59 Å². The molecular weight excluding hydrogens is 337 g/mol. The number of aliphatic carboxylic acids is 1. The van der Waals surface area contributed by atoms with Gasteiger partial charge in [-0.15, -0.1) is 0 Å². The molecule has 8 heteroatoms. The molecule has 1 atom stereocenters. The lowest BCUT2D eigenvalue weighted by Gasteiger charge is -2.17. The van der Waals surface area contributed by atoms with Gasteiger partial charge in [-0.2, -0.15) is 0 Å². The number of carbonyl (C=O) groups excluding carboxylic acids is 1. The van der Waals surface area contributed by atoms with Crippen LogP contribution in [0.4, 0.5) is 4.39 Å². The number of rotatable bonds is 10. The van der Waals surface area contributed by atoms with E-state index in [1.54, 1.807) is 0 Å². The van der Waals surface area contributed by atoms with Crippen LogP contribution in [0.5, 0.6) is 0 Å². The fraction of sp³-hybridized carbons (Fsp3) is 0.500. The Hall–Kier alpha value is -1.96. The summed E-state index contributed by atoms with van der Waals surface area (Å²) in [5.74, 6) is -3.17. The zero-order valence-electron chi connectivity index (χ0n) is 13.5. The van der Waals surface area contributed by atoms with Crippen LogP contribution in [0.25, 0.3) is 0 Å². The fourth-order valence-electron chi connectivity index (χ4n) is 2.20. The van der Waals surface area contributed by atoms with Gasteiger partial charge in [-0.05, 0) is 24.1 Å². The summed E-state index contributed by atoms with van der Waals surface area (Å²) in [5, 5.41) is 11.4. The number of carbonyl (C=O) groups is 2. The second-order valence-corrected chi connectivity index (χ2v) is 7.75. The molecule has 1 rings (SSSR count). The quantitative estimate of drug-likeness (QED) is 0.623. The lowest BCUT2D eigenvalue weighted by molar-refractivity contribution is -0.137. The lowest BCUT2D eigenvalue weighted by Crippen LogP contribution is -2.35. The molecule has 0 radical (unpaired) electrons. The van der Waals surface area contributed by atoms with Gasteiger partial charge in [0.25, 0.3) is 0 Å². The van der Waals surface area contributed by atoms with Gasteiger partial charge in [-0.25, -0.2) is 12.8 Å². The second-order valence-electron chi connectivity index (χ2n) is 5.57. The molecule has 0 aliphatic heterocycles. The average Bonchev–Trinajstić information content (AvgIpc) is 2.46. The number of halogens is 1. The van der Waals surface area contributed by atoms with E-state index in [0.29, 0.717) is 12.0 Å². The number of nitrogens with one attached hydrogen (secondary N) is 1. The van der Waals surface area contributed by atoms with Crippen LogP contribution >= 0.6 is 0 Å². The van der Waals surface area contributed by atoms with Crippen molar-refractivity contribution in [1.82, 2.24) is 5.32 Å². The third kappa shape index (κ3) is 7.54. The fourth-order valence-corrected chi connectivity index (χ4v) is 3.47. The van der Waals surface area contributed by atoms with Gasteiger partial charge in [0.2, 0.25) is 5.91 Å². The maximum absolute atomic E-state index is 13.0. The second kappa shape index (κ2) is 9.36. The van der Waals surface area contributed by atoms with Crippen LogP contribution in [-0.4, -0.2) is 36.9 Å². The number of sulfone groups is 1. The Morgan fingerprint density at radius 3 is 2.38 bits per heavy atom. The standard InChI is InChI=1S/C16H22FNO5S/c1-2-3-4-9-24(22,23)11-15(19)18-14(10-16(20)21)12-5-7-13(17)8-6-12/h5-8,14H,2-4,9-11H2,1H3,(H,18,19)(H,20,21). The highest BCUT2D eigenvalue weighted by atomic mass is 32.2. The van der Waals surface area contributed by atoms with Gasteiger partial charge in [0.1, 0.15) is 11.6 Å². The van der Waals surface area contributed by atoms with E-state index >= 15 is 0 Å². The van der Waals surface area contributed by atoms with E-state index in [2.05, 4.69) is 5.32 Å². The van der Waals surface area contributed by atoms with E-state index in [1.165, 1.54) is 12.1 Å². The Kier molecular flexibility index (Phi) is 7.84. The van der Waals surface area contributed by atoms with Crippen molar-refractivity contribution >= 4 is 21.7 Å². The van der Waals surface area contributed by atoms with Crippen molar-refractivity contribution in [3.8, 4) is 0 Å². The predicted octanol–water partition coefficient (Wildman–Crippen LogP) is 2.06. The van der Waals surface area contributed by atoms with E-state index in [4.69, 9.17) is 5.11 Å². The van der Waals surface area contributed by atoms with Gasteiger partial charge in [0.15, 0.2) is 9.84 Å². The maximum Gasteiger partial charge on any atom is 0.305 e. The number of benzene rings is 1. The van der Waals surface area contributed by atoms with Gasteiger partial charge < -0.3 is 10.4 Å². The predicted molar refractivity (Wildman–Crippen MR) is 87.7 cm³/mol. The van der Waals surface area contributed by atoms with Crippen molar-refractivity contribution in [2.24, 2.45) is 0 Å². The Bertz CT molecular complexity index is 658. The summed E-state index contributed by atoms with van der Waals surface area (Å²) < 4.78 is 36.7. The first-order chi connectivity index (χ1) is 11.2. The molecule has 0 heterocycles. The molecule has 0 aliphatic carbocycles. The Balaban J connectivity index is 2.74. The molecule has 1 aromatic rings. The molecule has 24 heavy (non-hydrogen) atoms. The monoisotopic (exact) mass is 359 g/mol. The van der Waals surface area contributed by atoms with Crippen molar-refractivity contribution < 1.29 is 27.5 Å². The molecule has 0 fully saturated rings. The molecule has 1 amide bonds. The molecule has 6 nitrogen and oxygen atoms in total. The van der Waals surface area contributed by atoms with Crippen molar-refractivity contribution in [2.45, 2.75) is 38.6 Å². The highest BCUT2D eigenvalue weighted by Gasteiger charge is 2.22. The van der Waals surface area contributed by atoms with Crippen LogP contribution in [0.2, 0.25) is 0 Å². The normalized spacial score (nSPS) is 12.6. The van der Waals surface area contributed by atoms with E-state index in [1.807, 2.05) is 6.92 Å². The molecule has 0 saturated carbocycles. The van der Waals surface area contributed by atoms with Crippen LogP contribution in [0.3, 0.4) is 0 Å². The molecule has 1 unspecified atom stereocenters. The first kappa shape index (κ1) is 20.1. The van der Waals surface area contributed by atoms with Crippen LogP contribution in [-0.2, 0) is 19.4 Å². The van der Waals surface area contributed by atoms with E-state index in [0.717, 1.165) is 25.0 Å². The molecule has 2 N–H and O–H groups in total. The van der Waals surface area contributed by atoms with Gasteiger partial charge in [0, 0.05) is 0 Å². The first-order valence-corrected chi connectivity index (χ1v) is 9.52. The molecule has 134 valence electrons. The van der Waals surface area contributed by atoms with Crippen molar-refractivity contribution in [2.75, 3.05) is 11.5 Å². The number of unbranched alkanes of at least 4 members (excludes halogenated alkanes) is 2. The minimum atomic E-state index is -3.54. The number of hydrogen-bond acceptors (Lipinski definition) is 4. The first-order valence-electron chi connectivity index (χ1n) is 7.70. The summed E-state index contributed by atoms with van der Waals surface area (Å²) >= 11 is 0. The number of amides is 1. The Morgan fingerprint density at radius 2 is 1.83 bits per heavy atom. The summed E-state index contributed by atoms with van der Waals surface area (Å²) in [5.41, 5.74) is 0.399. The molecular formula is C16H22FNO5S. The van der Waals surface area contributed by atoms with Crippen molar-refractivity contribution in [3.05, 3.63) is 35.6 Å². The van der Waals surface area contributed by atoms with Crippen LogP contribution in [0.15, 0.2) is 24.3 Å². The minimum Gasteiger partial charge on any atom is -0.481 e. The van der Waals surface area contributed by atoms with Gasteiger partial charge >= 0.3 is 5.97 Å². The van der Waals surface area contributed by atoms with Crippen LogP contribution in [0, 0.1) is 5.82 Å². The largest absolute Gasteiger partial charge is 0.481 e. The summed E-state index contributed by atoms with van der Waals surface area (Å²) in [7, 11) is -3.54. The number of carboxylic acids is 1. The Morgan fingerprint density at radius 1 is 1.21 bits per heavy atom. The minimum absolute atomic E-state index is 0.0750. The Labute approximate surface area is 141 Å². The lowest BCUT2D eigenvalue weighted by atomic mass is 10.0. The summed E-state index contributed by atoms with van der Waals surface area (Å²) in [6.07, 6.45) is 1.70. The van der Waals surface area contributed by atoms with Crippen molar-refractivity contribution in [3.63, 3.8) is 0 Å².